The quantitative estimate of drug-likeness (QED) is 0.735. The first-order chi connectivity index (χ1) is 8.65. The van der Waals surface area contributed by atoms with Crippen molar-refractivity contribution in [3.05, 3.63) is 27.7 Å². The fourth-order valence-electron chi connectivity index (χ4n) is 3.50. The minimum absolute atomic E-state index is 0.601. The maximum atomic E-state index is 6.26. The molecule has 1 nitrogen and oxygen atoms in total. The molecular weight excluding hydrogens is 265 g/mol. The molecule has 1 saturated carbocycles. The van der Waals surface area contributed by atoms with Crippen LogP contribution in [0.25, 0.3) is 0 Å². The molecule has 1 unspecified atom stereocenters. The lowest BCUT2D eigenvalue weighted by Crippen LogP contribution is -2.20. The summed E-state index contributed by atoms with van der Waals surface area (Å²) in [4.78, 5) is 0. The molecule has 0 amide bonds. The van der Waals surface area contributed by atoms with E-state index in [4.69, 9.17) is 23.2 Å². The van der Waals surface area contributed by atoms with Gasteiger partial charge < -0.3 is 5.32 Å². The first kappa shape index (κ1) is 12.6. The highest BCUT2D eigenvalue weighted by molar-refractivity contribution is 6.36. The van der Waals surface area contributed by atoms with Crippen molar-refractivity contribution < 1.29 is 0 Å². The topological polar surface area (TPSA) is 12.0 Å². The predicted molar refractivity (Wildman–Crippen MR) is 78.8 cm³/mol. The van der Waals surface area contributed by atoms with Gasteiger partial charge in [-0.15, -0.1) is 0 Å². The average molecular weight is 284 g/mol. The molecule has 1 fully saturated rings. The van der Waals surface area contributed by atoms with Gasteiger partial charge in [0.05, 0.1) is 10.7 Å². The summed E-state index contributed by atoms with van der Waals surface area (Å²) >= 11 is 12.4. The minimum Gasteiger partial charge on any atom is -0.383 e. The van der Waals surface area contributed by atoms with E-state index in [0.29, 0.717) is 5.92 Å². The van der Waals surface area contributed by atoms with Crippen molar-refractivity contribution in [3.8, 4) is 0 Å². The van der Waals surface area contributed by atoms with Crippen molar-refractivity contribution in [1.82, 2.24) is 0 Å². The Morgan fingerprint density at radius 3 is 2.56 bits per heavy atom. The van der Waals surface area contributed by atoms with Gasteiger partial charge in [0.2, 0.25) is 0 Å². The summed E-state index contributed by atoms with van der Waals surface area (Å²) in [6.45, 7) is 3.39. The van der Waals surface area contributed by atoms with Gasteiger partial charge in [-0.3, -0.25) is 0 Å². The first-order valence-electron chi connectivity index (χ1n) is 6.88. The van der Waals surface area contributed by atoms with Gasteiger partial charge in [-0.05, 0) is 42.4 Å². The van der Waals surface area contributed by atoms with E-state index in [1.807, 2.05) is 6.07 Å². The van der Waals surface area contributed by atoms with Crippen LogP contribution in [0.4, 0.5) is 5.69 Å². The first-order valence-corrected chi connectivity index (χ1v) is 7.63. The molecule has 0 radical (unpaired) electrons. The standard InChI is InChI=1S/C15H19Cl2N/c1-9-2-4-10(5-3-9)13-8-18-15-12(13)6-11(16)7-14(15)17/h6-7,9-10,13,18H,2-5,8H2,1H3. The highest BCUT2D eigenvalue weighted by atomic mass is 35.5. The Balaban J connectivity index is 1.86. The van der Waals surface area contributed by atoms with Crippen LogP contribution < -0.4 is 5.32 Å². The summed E-state index contributed by atoms with van der Waals surface area (Å²) in [5.41, 5.74) is 2.46. The van der Waals surface area contributed by atoms with E-state index in [9.17, 15) is 0 Å². The van der Waals surface area contributed by atoms with E-state index in [2.05, 4.69) is 18.3 Å². The molecule has 1 aromatic carbocycles. The number of rotatable bonds is 1. The van der Waals surface area contributed by atoms with Gasteiger partial charge in [0.1, 0.15) is 0 Å². The zero-order chi connectivity index (χ0) is 12.7. The third-order valence-corrected chi connectivity index (χ3v) is 5.13. The normalized spacial score (nSPS) is 30.9. The molecule has 1 atom stereocenters. The van der Waals surface area contributed by atoms with Crippen LogP contribution in [0.3, 0.4) is 0 Å². The highest BCUT2D eigenvalue weighted by Gasteiger charge is 2.33. The second-order valence-corrected chi connectivity index (χ2v) is 6.70. The van der Waals surface area contributed by atoms with Crippen LogP contribution in [-0.2, 0) is 0 Å². The number of hydrogen-bond acceptors (Lipinski definition) is 1. The molecule has 98 valence electrons. The molecule has 0 saturated heterocycles. The zero-order valence-corrected chi connectivity index (χ0v) is 12.2. The number of hydrogen-bond donors (Lipinski definition) is 1. The largest absolute Gasteiger partial charge is 0.383 e. The van der Waals surface area contributed by atoms with Crippen LogP contribution in [0.15, 0.2) is 12.1 Å². The van der Waals surface area contributed by atoms with E-state index in [-0.39, 0.29) is 0 Å². The molecule has 18 heavy (non-hydrogen) atoms. The molecule has 3 heteroatoms. The van der Waals surface area contributed by atoms with E-state index in [1.54, 1.807) is 0 Å². The van der Waals surface area contributed by atoms with E-state index < -0.39 is 0 Å². The van der Waals surface area contributed by atoms with Crippen LogP contribution in [0.2, 0.25) is 10.0 Å². The molecule has 3 rings (SSSR count). The Kier molecular flexibility index (Phi) is 3.46. The summed E-state index contributed by atoms with van der Waals surface area (Å²) in [7, 11) is 0. The molecule has 0 spiro atoms. The zero-order valence-electron chi connectivity index (χ0n) is 10.7. The molecule has 1 aliphatic carbocycles. The van der Waals surface area contributed by atoms with Crippen molar-refractivity contribution in [2.24, 2.45) is 11.8 Å². The number of halogens is 2. The Morgan fingerprint density at radius 1 is 1.11 bits per heavy atom. The molecular formula is C15H19Cl2N. The van der Waals surface area contributed by atoms with Crippen LogP contribution in [-0.4, -0.2) is 6.54 Å². The fourth-order valence-corrected chi connectivity index (χ4v) is 4.08. The third kappa shape index (κ3) is 2.23. The molecule has 2 aliphatic rings. The maximum Gasteiger partial charge on any atom is 0.0655 e. The van der Waals surface area contributed by atoms with Gasteiger partial charge in [-0.1, -0.05) is 43.0 Å². The van der Waals surface area contributed by atoms with Crippen molar-refractivity contribution in [2.75, 3.05) is 11.9 Å². The van der Waals surface area contributed by atoms with Crippen molar-refractivity contribution in [3.63, 3.8) is 0 Å². The maximum absolute atomic E-state index is 6.26. The lowest BCUT2D eigenvalue weighted by Gasteiger charge is -2.30. The number of fused-ring (bicyclic) bond motifs is 1. The fraction of sp³-hybridized carbons (Fsp3) is 0.600. The van der Waals surface area contributed by atoms with Crippen LogP contribution in [0, 0.1) is 11.8 Å². The highest BCUT2D eigenvalue weighted by Crippen LogP contribution is 2.46. The van der Waals surface area contributed by atoms with Gasteiger partial charge in [-0.2, -0.15) is 0 Å². The second-order valence-electron chi connectivity index (χ2n) is 5.86. The summed E-state index contributed by atoms with van der Waals surface area (Å²) in [6, 6.07) is 3.94. The molecule has 1 N–H and O–H groups in total. The van der Waals surface area contributed by atoms with Crippen molar-refractivity contribution >= 4 is 28.9 Å². The summed E-state index contributed by atoms with van der Waals surface area (Å²) < 4.78 is 0. The van der Waals surface area contributed by atoms with Crippen LogP contribution in [0.1, 0.15) is 44.1 Å². The van der Waals surface area contributed by atoms with Gasteiger partial charge in [0.15, 0.2) is 0 Å². The Morgan fingerprint density at radius 2 is 1.83 bits per heavy atom. The summed E-state index contributed by atoms with van der Waals surface area (Å²) in [5.74, 6) is 2.30. The SMILES string of the molecule is CC1CCC(C2CNc3c(Cl)cc(Cl)cc32)CC1. The molecule has 1 aromatic rings. The number of nitrogens with one attached hydrogen (secondary N) is 1. The van der Waals surface area contributed by atoms with Gasteiger partial charge in [0, 0.05) is 17.5 Å². The third-order valence-electron chi connectivity index (χ3n) is 4.61. The van der Waals surface area contributed by atoms with Gasteiger partial charge >= 0.3 is 0 Å². The van der Waals surface area contributed by atoms with E-state index in [0.717, 1.165) is 34.1 Å². The summed E-state index contributed by atoms with van der Waals surface area (Å²) in [5, 5.41) is 4.99. The van der Waals surface area contributed by atoms with E-state index in [1.165, 1.54) is 31.2 Å². The number of benzene rings is 1. The Bertz CT molecular complexity index is 450. The lowest BCUT2D eigenvalue weighted by molar-refractivity contribution is 0.261. The smallest absolute Gasteiger partial charge is 0.0655 e. The monoisotopic (exact) mass is 283 g/mol. The van der Waals surface area contributed by atoms with Crippen molar-refractivity contribution in [1.29, 1.82) is 0 Å². The van der Waals surface area contributed by atoms with Crippen molar-refractivity contribution in [2.45, 2.75) is 38.5 Å². The molecule has 0 bridgehead atoms. The minimum atomic E-state index is 0.601. The lowest BCUT2D eigenvalue weighted by atomic mass is 9.75. The molecule has 1 heterocycles. The van der Waals surface area contributed by atoms with Crippen LogP contribution in [0.5, 0.6) is 0 Å². The average Bonchev–Trinajstić information content (AvgIpc) is 2.74. The molecule has 1 aliphatic heterocycles. The summed E-state index contributed by atoms with van der Waals surface area (Å²) in [6.07, 6.45) is 5.42. The van der Waals surface area contributed by atoms with Crippen LogP contribution >= 0.6 is 23.2 Å². The second kappa shape index (κ2) is 4.94. The van der Waals surface area contributed by atoms with E-state index >= 15 is 0 Å². The Labute approximate surface area is 119 Å². The number of anilines is 1. The van der Waals surface area contributed by atoms with Gasteiger partial charge in [0.25, 0.3) is 0 Å². The molecule has 0 aromatic heterocycles. The predicted octanol–water partition coefficient (Wildman–Crippen LogP) is 5.33. The Hall–Kier alpha value is -0.400. The van der Waals surface area contributed by atoms with Gasteiger partial charge in [-0.25, -0.2) is 0 Å².